The van der Waals surface area contributed by atoms with Gasteiger partial charge in [0.25, 0.3) is 0 Å². The first-order chi connectivity index (χ1) is 18.7. The second-order valence-electron chi connectivity index (χ2n) is 12.2. The molecule has 3 aliphatic rings. The van der Waals surface area contributed by atoms with Crippen LogP contribution in [0.2, 0.25) is 0 Å². The summed E-state index contributed by atoms with van der Waals surface area (Å²) in [4.78, 5) is 15.3. The molecule has 2 aromatic heterocycles. The van der Waals surface area contributed by atoms with E-state index in [0.29, 0.717) is 23.2 Å². The first-order valence-corrected chi connectivity index (χ1v) is 14.6. The van der Waals surface area contributed by atoms with Crippen molar-refractivity contribution in [1.29, 1.82) is 5.41 Å². The number of anilines is 1. The lowest BCUT2D eigenvalue weighted by atomic mass is 9.84. The number of aromatic nitrogens is 4. The number of aromatic amines is 1. The predicted molar refractivity (Wildman–Crippen MR) is 158 cm³/mol. The van der Waals surface area contributed by atoms with Gasteiger partial charge in [-0.05, 0) is 56.6 Å². The monoisotopic (exact) mass is 546 g/mol. The van der Waals surface area contributed by atoms with Crippen LogP contribution in [0.15, 0.2) is 23.0 Å². The van der Waals surface area contributed by atoms with Crippen LogP contribution in [-0.4, -0.2) is 57.5 Å². The number of aryl methyl sites for hydroxylation is 2. The molecule has 1 aromatic carbocycles. The Morgan fingerprint density at radius 2 is 1.97 bits per heavy atom. The van der Waals surface area contributed by atoms with E-state index in [0.717, 1.165) is 96.2 Å². The number of rotatable bonds is 6. The Bertz CT molecular complexity index is 1480. The van der Waals surface area contributed by atoms with Gasteiger partial charge in [-0.25, -0.2) is 9.97 Å². The smallest absolute Gasteiger partial charge is 0.162 e. The van der Waals surface area contributed by atoms with E-state index in [1.54, 1.807) is 0 Å². The summed E-state index contributed by atoms with van der Waals surface area (Å²) in [7, 11) is 1.90. The van der Waals surface area contributed by atoms with Crippen molar-refractivity contribution in [1.82, 2.24) is 30.4 Å². The zero-order valence-corrected chi connectivity index (χ0v) is 24.5. The Labute approximate surface area is 235 Å². The first kappa shape index (κ1) is 26.1. The Morgan fingerprint density at radius 3 is 2.69 bits per heavy atom. The lowest BCUT2D eigenvalue weighted by Crippen LogP contribution is -2.43. The highest BCUT2D eigenvalue weighted by Crippen LogP contribution is 2.39. The quantitative estimate of drug-likeness (QED) is 0.344. The van der Waals surface area contributed by atoms with Crippen molar-refractivity contribution < 1.29 is 0 Å². The molecule has 1 saturated carbocycles. The van der Waals surface area contributed by atoms with Crippen molar-refractivity contribution in [3.63, 3.8) is 0 Å². The molecule has 1 aliphatic carbocycles. The third kappa shape index (κ3) is 4.77. The van der Waals surface area contributed by atoms with E-state index >= 15 is 0 Å². The van der Waals surface area contributed by atoms with Crippen molar-refractivity contribution >= 4 is 34.0 Å². The number of H-pyrrole nitrogens is 1. The van der Waals surface area contributed by atoms with Crippen molar-refractivity contribution in [2.45, 2.75) is 66.3 Å². The molecule has 0 unspecified atom stereocenters. The number of benzene rings is 1. The molecule has 1 saturated heterocycles. The fraction of sp³-hybridized carbons (Fsp3) is 0.533. The highest BCUT2D eigenvalue weighted by molar-refractivity contribution is 6.43. The van der Waals surface area contributed by atoms with Crippen molar-refractivity contribution in [2.24, 2.45) is 11.3 Å². The first-order valence-electron chi connectivity index (χ1n) is 14.2. The summed E-state index contributed by atoms with van der Waals surface area (Å²) in [6.07, 6.45) is 5.27. The summed E-state index contributed by atoms with van der Waals surface area (Å²) in [5, 5.41) is 21.2. The van der Waals surface area contributed by atoms with E-state index in [1.165, 1.54) is 12.0 Å². The molecule has 0 amide bonds. The summed E-state index contributed by atoms with van der Waals surface area (Å²) >= 11 is 6.80. The van der Waals surface area contributed by atoms with E-state index in [2.05, 4.69) is 58.2 Å². The zero-order chi connectivity index (χ0) is 27.5. The molecule has 6 rings (SSSR count). The molecular formula is C30H39ClN8. The number of halogens is 1. The maximum atomic E-state index is 8.57. The Morgan fingerprint density at radius 1 is 1.18 bits per heavy atom. The van der Waals surface area contributed by atoms with Crippen LogP contribution < -0.4 is 10.2 Å². The van der Waals surface area contributed by atoms with Gasteiger partial charge in [-0.15, -0.1) is 0 Å². The minimum absolute atomic E-state index is 0.223. The third-order valence-electron chi connectivity index (χ3n) is 8.56. The second-order valence-corrected chi connectivity index (χ2v) is 12.6. The molecular weight excluding hydrogens is 508 g/mol. The average Bonchev–Trinajstić information content (AvgIpc) is 3.70. The third-order valence-corrected chi connectivity index (χ3v) is 8.95. The van der Waals surface area contributed by atoms with Gasteiger partial charge in [-0.3, -0.25) is 5.10 Å². The van der Waals surface area contributed by atoms with Gasteiger partial charge < -0.3 is 20.5 Å². The molecule has 3 aromatic rings. The number of allylic oxidation sites excluding steroid dienone is 1. The summed E-state index contributed by atoms with van der Waals surface area (Å²) in [5.74, 6) is 2.95. The van der Waals surface area contributed by atoms with Crippen LogP contribution in [0.3, 0.4) is 0 Å². The Hall–Kier alpha value is -3.13. The van der Waals surface area contributed by atoms with Gasteiger partial charge >= 0.3 is 0 Å². The number of hydrogen-bond acceptors (Lipinski definition) is 7. The number of hydrogen-bond donors (Lipinski definition) is 3. The summed E-state index contributed by atoms with van der Waals surface area (Å²) < 4.78 is 0. The fourth-order valence-corrected chi connectivity index (χ4v) is 6.68. The summed E-state index contributed by atoms with van der Waals surface area (Å²) in [6, 6.07) is 4.22. The SMILES string of the molecule is CN/C(=C(/Cl)C(=N)C1CC1)N1CCc2nc(-c3c(C)ccc4[nH]nc(C)c34)nc(N3CCCC(C)(C)C3)c2C1. The topological polar surface area (TPSA) is 96.8 Å². The standard InChI is InChI=1S/C30H39ClN8/c1-17-7-10-22-24(18(2)36-37-22)23(17)27-34-21-11-14-38(29(33-5)25(31)26(32)19-8-9-19)15-20(21)28(35-27)39-13-6-12-30(3,4)16-39/h7,10,19,32-33H,6,8-9,11-16H2,1-5H3,(H,36,37)/b29-25-,32-26?. The maximum Gasteiger partial charge on any atom is 0.162 e. The van der Waals surface area contributed by atoms with E-state index < -0.39 is 0 Å². The molecule has 9 heteroatoms. The lowest BCUT2D eigenvalue weighted by Gasteiger charge is -2.41. The van der Waals surface area contributed by atoms with Gasteiger partial charge in [0, 0.05) is 62.1 Å². The van der Waals surface area contributed by atoms with Crippen molar-refractivity contribution in [3.8, 4) is 11.4 Å². The molecule has 0 bridgehead atoms. The van der Waals surface area contributed by atoms with Gasteiger partial charge in [-0.2, -0.15) is 5.10 Å². The molecule has 2 fully saturated rings. The molecule has 0 atom stereocenters. The number of piperidine rings is 1. The summed E-state index contributed by atoms with van der Waals surface area (Å²) in [5.41, 5.74) is 7.25. The Balaban J connectivity index is 1.48. The van der Waals surface area contributed by atoms with Gasteiger partial charge in [-0.1, -0.05) is 31.5 Å². The second kappa shape index (κ2) is 9.81. The molecule has 206 valence electrons. The van der Waals surface area contributed by atoms with E-state index in [4.69, 9.17) is 27.0 Å². The van der Waals surface area contributed by atoms with Gasteiger partial charge in [0.1, 0.15) is 16.7 Å². The van der Waals surface area contributed by atoms with Crippen molar-refractivity contribution in [3.05, 3.63) is 45.5 Å². The minimum atomic E-state index is 0.223. The summed E-state index contributed by atoms with van der Waals surface area (Å²) in [6.45, 7) is 12.3. The van der Waals surface area contributed by atoms with Gasteiger partial charge in [0.15, 0.2) is 5.82 Å². The van der Waals surface area contributed by atoms with Gasteiger partial charge in [0.05, 0.1) is 22.6 Å². The highest BCUT2D eigenvalue weighted by atomic mass is 35.5. The largest absolute Gasteiger partial charge is 0.374 e. The number of nitrogens with one attached hydrogen (secondary N) is 3. The Kier molecular flexibility index (Phi) is 6.57. The predicted octanol–water partition coefficient (Wildman–Crippen LogP) is 5.68. The number of nitrogens with zero attached hydrogens (tertiary/aromatic N) is 5. The van der Waals surface area contributed by atoms with Crippen LogP contribution in [0.4, 0.5) is 5.82 Å². The fourth-order valence-electron chi connectivity index (χ4n) is 6.31. The minimum Gasteiger partial charge on any atom is -0.374 e. The van der Waals surface area contributed by atoms with E-state index in [-0.39, 0.29) is 5.41 Å². The number of fused-ring (bicyclic) bond motifs is 2. The van der Waals surface area contributed by atoms with Crippen LogP contribution in [-0.2, 0) is 13.0 Å². The molecule has 39 heavy (non-hydrogen) atoms. The molecule has 0 spiro atoms. The molecule has 3 N–H and O–H groups in total. The molecule has 0 radical (unpaired) electrons. The molecule has 8 nitrogen and oxygen atoms in total. The average molecular weight is 547 g/mol. The van der Waals surface area contributed by atoms with Crippen LogP contribution in [0.1, 0.15) is 62.0 Å². The van der Waals surface area contributed by atoms with E-state index in [9.17, 15) is 0 Å². The van der Waals surface area contributed by atoms with Gasteiger partial charge in [0.2, 0.25) is 0 Å². The van der Waals surface area contributed by atoms with E-state index in [1.807, 2.05) is 14.0 Å². The zero-order valence-electron chi connectivity index (χ0n) is 23.7. The normalized spacial score (nSPS) is 19.6. The molecule has 4 heterocycles. The van der Waals surface area contributed by atoms with Crippen LogP contribution in [0.25, 0.3) is 22.3 Å². The maximum absolute atomic E-state index is 8.57. The van der Waals surface area contributed by atoms with Crippen LogP contribution in [0, 0.1) is 30.6 Å². The van der Waals surface area contributed by atoms with Crippen LogP contribution in [0.5, 0.6) is 0 Å². The molecule has 2 aliphatic heterocycles. The lowest BCUT2D eigenvalue weighted by molar-refractivity contribution is 0.285. The van der Waals surface area contributed by atoms with Crippen molar-refractivity contribution in [2.75, 3.05) is 31.6 Å². The highest BCUT2D eigenvalue weighted by Gasteiger charge is 2.34. The van der Waals surface area contributed by atoms with Crippen LogP contribution >= 0.6 is 11.6 Å².